The second kappa shape index (κ2) is 7.03. The highest BCUT2D eigenvalue weighted by Crippen LogP contribution is 2.31. The first-order valence-corrected chi connectivity index (χ1v) is 8.24. The minimum Gasteiger partial charge on any atom is -0.395 e. The van der Waals surface area contributed by atoms with Gasteiger partial charge in [-0.3, -0.25) is 4.79 Å². The molecule has 0 aliphatic carbocycles. The van der Waals surface area contributed by atoms with E-state index >= 15 is 0 Å². The number of rotatable bonds is 5. The van der Waals surface area contributed by atoms with E-state index < -0.39 is 0 Å². The maximum absolute atomic E-state index is 12.6. The summed E-state index contributed by atoms with van der Waals surface area (Å²) in [4.78, 5) is 19.4. The predicted molar refractivity (Wildman–Crippen MR) is 90.4 cm³/mol. The molecule has 0 saturated carbocycles. The van der Waals surface area contributed by atoms with Crippen LogP contribution in [0.1, 0.15) is 33.4 Å². The molecule has 2 aromatic rings. The number of carbonyl (C=O) groups excluding carboxylic acids is 1. The maximum atomic E-state index is 12.6. The van der Waals surface area contributed by atoms with E-state index in [1.54, 1.807) is 4.90 Å². The minimum absolute atomic E-state index is 0.0264. The fourth-order valence-corrected chi connectivity index (χ4v) is 3.56. The summed E-state index contributed by atoms with van der Waals surface area (Å²) in [5.74, 6) is -0.0532. The zero-order valence-corrected chi connectivity index (χ0v) is 14.3. The molecule has 0 aliphatic heterocycles. The van der Waals surface area contributed by atoms with Crippen molar-refractivity contribution in [1.29, 1.82) is 0 Å². The highest BCUT2D eigenvalue weighted by atomic mass is 32.1. The Kier molecular flexibility index (Phi) is 5.32. The molecule has 0 fully saturated rings. The number of hydrogen-bond donors (Lipinski definition) is 1. The van der Waals surface area contributed by atoms with E-state index in [4.69, 9.17) is 5.11 Å². The second-order valence-corrected chi connectivity index (χ2v) is 6.36. The van der Waals surface area contributed by atoms with Crippen molar-refractivity contribution in [3.8, 4) is 10.6 Å². The Bertz CT molecular complexity index is 679. The highest BCUT2D eigenvalue weighted by molar-refractivity contribution is 7.17. The maximum Gasteiger partial charge on any atom is 0.265 e. The molecule has 0 bridgehead atoms. The van der Waals surface area contributed by atoms with Gasteiger partial charge in [0.15, 0.2) is 0 Å². The third kappa shape index (κ3) is 3.36. The van der Waals surface area contributed by atoms with Crippen molar-refractivity contribution < 1.29 is 9.90 Å². The molecule has 1 aromatic carbocycles. The minimum atomic E-state index is -0.0532. The molecule has 118 valence electrons. The molecule has 0 atom stereocenters. The molecule has 1 aromatic heterocycles. The summed E-state index contributed by atoms with van der Waals surface area (Å²) in [5.41, 5.74) is 4.20. The van der Waals surface area contributed by atoms with Crippen LogP contribution < -0.4 is 0 Å². The molecule has 22 heavy (non-hydrogen) atoms. The van der Waals surface area contributed by atoms with Crippen LogP contribution in [0.25, 0.3) is 10.6 Å². The van der Waals surface area contributed by atoms with Gasteiger partial charge < -0.3 is 10.0 Å². The summed E-state index contributed by atoms with van der Waals surface area (Å²) in [7, 11) is 0. The zero-order chi connectivity index (χ0) is 16.3. The predicted octanol–water partition coefficient (Wildman–Crippen LogP) is 3.19. The molecular formula is C17H22N2O2S. The number of hydrogen-bond acceptors (Lipinski definition) is 4. The number of likely N-dealkylation sites (N-methyl/N-ethyl adjacent to an activating group) is 1. The van der Waals surface area contributed by atoms with Gasteiger partial charge in [0.05, 0.1) is 12.3 Å². The Morgan fingerprint density at radius 3 is 2.64 bits per heavy atom. The van der Waals surface area contributed by atoms with Gasteiger partial charge in [-0.2, -0.15) is 0 Å². The first-order valence-electron chi connectivity index (χ1n) is 7.43. The first kappa shape index (κ1) is 16.6. The number of nitrogens with zero attached hydrogens (tertiary/aromatic N) is 2. The van der Waals surface area contributed by atoms with Crippen LogP contribution in [0.5, 0.6) is 0 Å². The van der Waals surface area contributed by atoms with Crippen molar-refractivity contribution in [3.05, 3.63) is 39.9 Å². The van der Waals surface area contributed by atoms with Crippen molar-refractivity contribution in [2.45, 2.75) is 27.7 Å². The van der Waals surface area contributed by atoms with Crippen LogP contribution in [0.2, 0.25) is 0 Å². The van der Waals surface area contributed by atoms with Crippen molar-refractivity contribution in [2.24, 2.45) is 0 Å². The number of aliphatic hydroxyl groups excluding tert-OH is 1. The number of aryl methyl sites for hydroxylation is 3. The van der Waals surface area contributed by atoms with Gasteiger partial charge in [0.1, 0.15) is 9.88 Å². The van der Waals surface area contributed by atoms with Gasteiger partial charge in [0.25, 0.3) is 5.91 Å². The van der Waals surface area contributed by atoms with Gasteiger partial charge in [0, 0.05) is 18.7 Å². The van der Waals surface area contributed by atoms with Gasteiger partial charge in [-0.15, -0.1) is 11.3 Å². The molecule has 5 heteroatoms. The van der Waals surface area contributed by atoms with E-state index in [2.05, 4.69) is 37.0 Å². The molecule has 0 spiro atoms. The second-order valence-electron chi connectivity index (χ2n) is 5.36. The molecule has 0 radical (unpaired) electrons. The topological polar surface area (TPSA) is 53.4 Å². The molecule has 1 heterocycles. The molecule has 0 aliphatic rings. The summed E-state index contributed by atoms with van der Waals surface area (Å²) in [6, 6.07) is 6.24. The van der Waals surface area contributed by atoms with E-state index in [1.807, 2.05) is 13.8 Å². The van der Waals surface area contributed by atoms with Crippen LogP contribution in [-0.2, 0) is 0 Å². The average molecular weight is 318 g/mol. The molecule has 2 rings (SSSR count). The Labute approximate surface area is 135 Å². The first-order chi connectivity index (χ1) is 10.5. The lowest BCUT2D eigenvalue weighted by Gasteiger charge is -2.18. The monoisotopic (exact) mass is 318 g/mol. The van der Waals surface area contributed by atoms with Crippen LogP contribution in [0.15, 0.2) is 18.2 Å². The Hall–Kier alpha value is -1.72. The summed E-state index contributed by atoms with van der Waals surface area (Å²) in [6.45, 7) is 8.80. The largest absolute Gasteiger partial charge is 0.395 e. The van der Waals surface area contributed by atoms with Crippen LogP contribution >= 0.6 is 11.3 Å². The number of aromatic nitrogens is 1. The van der Waals surface area contributed by atoms with Gasteiger partial charge >= 0.3 is 0 Å². The van der Waals surface area contributed by atoms with Crippen LogP contribution in [-0.4, -0.2) is 40.6 Å². The van der Waals surface area contributed by atoms with Gasteiger partial charge in [-0.05, 0) is 33.3 Å². The molecule has 1 amide bonds. The molecule has 0 saturated heterocycles. The van der Waals surface area contributed by atoms with Crippen LogP contribution in [0.4, 0.5) is 0 Å². The highest BCUT2D eigenvalue weighted by Gasteiger charge is 2.21. The fourth-order valence-electron chi connectivity index (χ4n) is 2.43. The normalized spacial score (nSPS) is 10.8. The Morgan fingerprint density at radius 1 is 1.32 bits per heavy atom. The van der Waals surface area contributed by atoms with Gasteiger partial charge in [0.2, 0.25) is 0 Å². The summed E-state index contributed by atoms with van der Waals surface area (Å²) < 4.78 is 0. The van der Waals surface area contributed by atoms with E-state index in [0.717, 1.165) is 21.8 Å². The molecule has 0 unspecified atom stereocenters. The standard InChI is InChI=1S/C17H22N2O2S/c1-5-19(8-9-20)17(21)15-13(4)18-16(22-15)14-7-6-11(2)10-12(14)3/h6-7,10,20H,5,8-9H2,1-4H3. The number of thiazole rings is 1. The number of carbonyl (C=O) groups is 1. The van der Waals surface area contributed by atoms with E-state index in [1.165, 1.54) is 16.9 Å². The quantitative estimate of drug-likeness (QED) is 0.921. The zero-order valence-electron chi connectivity index (χ0n) is 13.5. The summed E-state index contributed by atoms with van der Waals surface area (Å²) >= 11 is 1.43. The Balaban J connectivity index is 2.37. The van der Waals surface area contributed by atoms with Crippen LogP contribution in [0, 0.1) is 20.8 Å². The summed E-state index contributed by atoms with van der Waals surface area (Å²) in [6.07, 6.45) is 0. The van der Waals surface area contributed by atoms with Crippen LogP contribution in [0.3, 0.4) is 0 Å². The number of benzene rings is 1. The van der Waals surface area contributed by atoms with Gasteiger partial charge in [-0.1, -0.05) is 23.8 Å². The van der Waals surface area contributed by atoms with Crippen molar-refractivity contribution in [1.82, 2.24) is 9.88 Å². The Morgan fingerprint density at radius 2 is 2.05 bits per heavy atom. The van der Waals surface area contributed by atoms with Crippen molar-refractivity contribution >= 4 is 17.2 Å². The molecule has 1 N–H and O–H groups in total. The average Bonchev–Trinajstić information content (AvgIpc) is 2.85. The smallest absolute Gasteiger partial charge is 0.265 e. The third-order valence-electron chi connectivity index (χ3n) is 3.64. The van der Waals surface area contributed by atoms with Crippen molar-refractivity contribution in [3.63, 3.8) is 0 Å². The lowest BCUT2D eigenvalue weighted by Crippen LogP contribution is -2.33. The molecule has 4 nitrogen and oxygen atoms in total. The number of aliphatic hydroxyl groups is 1. The fraction of sp³-hybridized carbons (Fsp3) is 0.412. The third-order valence-corrected chi connectivity index (χ3v) is 4.82. The van der Waals surface area contributed by atoms with E-state index in [9.17, 15) is 4.79 Å². The van der Waals surface area contributed by atoms with E-state index in [-0.39, 0.29) is 12.5 Å². The van der Waals surface area contributed by atoms with Gasteiger partial charge in [-0.25, -0.2) is 4.98 Å². The molecular weight excluding hydrogens is 296 g/mol. The number of amides is 1. The SMILES string of the molecule is CCN(CCO)C(=O)c1sc(-c2ccc(C)cc2C)nc1C. The lowest BCUT2D eigenvalue weighted by molar-refractivity contribution is 0.0736. The summed E-state index contributed by atoms with van der Waals surface area (Å²) in [5, 5.41) is 9.95. The van der Waals surface area contributed by atoms with Crippen molar-refractivity contribution in [2.75, 3.05) is 19.7 Å². The van der Waals surface area contributed by atoms with E-state index in [0.29, 0.717) is 18.0 Å². The lowest BCUT2D eigenvalue weighted by atomic mass is 10.1.